The van der Waals surface area contributed by atoms with E-state index in [0.29, 0.717) is 17.1 Å². The first-order chi connectivity index (χ1) is 10.8. The Hall–Kier alpha value is -2.54. The van der Waals surface area contributed by atoms with Crippen molar-refractivity contribution < 1.29 is 18.3 Å². The van der Waals surface area contributed by atoms with Crippen LogP contribution in [0, 0.1) is 0 Å². The second-order valence-corrected chi connectivity index (χ2v) is 6.95. The van der Waals surface area contributed by atoms with Crippen molar-refractivity contribution in [3.8, 4) is 11.5 Å². The summed E-state index contributed by atoms with van der Waals surface area (Å²) in [6.45, 7) is 0. The van der Waals surface area contributed by atoms with Crippen molar-refractivity contribution in [3.63, 3.8) is 0 Å². The van der Waals surface area contributed by atoms with Gasteiger partial charge >= 0.3 is 0 Å². The highest BCUT2D eigenvalue weighted by Gasteiger charge is 2.11. The van der Waals surface area contributed by atoms with Gasteiger partial charge in [0, 0.05) is 13.3 Å². The quantitative estimate of drug-likeness (QED) is 0.852. The third-order valence-corrected chi connectivity index (χ3v) is 4.46. The number of aliphatic imine (C=N–C) groups is 1. The lowest BCUT2D eigenvalue weighted by Gasteiger charge is -2.16. The summed E-state index contributed by atoms with van der Waals surface area (Å²) in [6.07, 6.45) is 2.76. The molecular weight excluding hydrogens is 316 g/mol. The number of methoxy groups -OCH3 is 1. The molecule has 0 radical (unpaired) electrons. The van der Waals surface area contributed by atoms with Crippen LogP contribution < -0.4 is 9.04 Å². The van der Waals surface area contributed by atoms with E-state index in [4.69, 9.17) is 4.74 Å². The summed E-state index contributed by atoms with van der Waals surface area (Å²) < 4.78 is 29.4. The van der Waals surface area contributed by atoms with E-state index in [-0.39, 0.29) is 5.75 Å². The van der Waals surface area contributed by atoms with Gasteiger partial charge in [0.05, 0.1) is 24.7 Å². The van der Waals surface area contributed by atoms with Crippen LogP contribution in [0.1, 0.15) is 5.56 Å². The van der Waals surface area contributed by atoms with E-state index in [1.807, 2.05) is 0 Å². The van der Waals surface area contributed by atoms with Crippen LogP contribution in [-0.2, 0) is 10.0 Å². The molecule has 0 fully saturated rings. The minimum Gasteiger partial charge on any atom is -0.504 e. The van der Waals surface area contributed by atoms with Crippen LogP contribution in [0.15, 0.2) is 47.5 Å². The first-order valence-corrected chi connectivity index (χ1v) is 8.61. The number of aromatic hydroxyl groups is 1. The van der Waals surface area contributed by atoms with E-state index in [1.54, 1.807) is 42.6 Å². The Bertz CT molecular complexity index is 832. The highest BCUT2D eigenvalue weighted by atomic mass is 32.2. The monoisotopic (exact) mass is 334 g/mol. The lowest BCUT2D eigenvalue weighted by Crippen LogP contribution is -2.24. The van der Waals surface area contributed by atoms with Crippen molar-refractivity contribution in [2.45, 2.75) is 0 Å². The lowest BCUT2D eigenvalue weighted by atomic mass is 10.2. The SMILES string of the molecule is COc1cc(C=Nc2cccc(N(C)S(C)(=O)=O)c2)ccc1O. The molecule has 0 aliphatic carbocycles. The van der Waals surface area contributed by atoms with Crippen molar-refractivity contribution in [2.75, 3.05) is 24.7 Å². The van der Waals surface area contributed by atoms with Gasteiger partial charge in [-0.3, -0.25) is 9.30 Å². The summed E-state index contributed by atoms with van der Waals surface area (Å²) in [5.41, 5.74) is 1.90. The van der Waals surface area contributed by atoms with E-state index >= 15 is 0 Å². The predicted molar refractivity (Wildman–Crippen MR) is 91.6 cm³/mol. The second kappa shape index (κ2) is 6.70. The molecule has 0 aliphatic rings. The molecule has 6 nitrogen and oxygen atoms in total. The molecule has 2 aromatic rings. The van der Waals surface area contributed by atoms with Crippen molar-refractivity contribution in [1.29, 1.82) is 0 Å². The van der Waals surface area contributed by atoms with Crippen LogP contribution in [0.2, 0.25) is 0 Å². The van der Waals surface area contributed by atoms with Crippen molar-refractivity contribution in [1.82, 2.24) is 0 Å². The molecule has 2 aromatic carbocycles. The Morgan fingerprint density at radius 1 is 1.22 bits per heavy atom. The van der Waals surface area contributed by atoms with Crippen LogP contribution >= 0.6 is 0 Å². The Balaban J connectivity index is 2.27. The van der Waals surface area contributed by atoms with Crippen LogP contribution in [-0.4, -0.2) is 40.2 Å². The van der Waals surface area contributed by atoms with Crippen molar-refractivity contribution in [2.24, 2.45) is 4.99 Å². The number of benzene rings is 2. The van der Waals surface area contributed by atoms with Gasteiger partial charge in [0.25, 0.3) is 0 Å². The van der Waals surface area contributed by atoms with Gasteiger partial charge in [-0.1, -0.05) is 6.07 Å². The number of ether oxygens (including phenoxy) is 1. The molecule has 0 amide bonds. The Kier molecular flexibility index (Phi) is 4.90. The molecule has 2 rings (SSSR count). The topological polar surface area (TPSA) is 79.2 Å². The maximum atomic E-state index is 11.6. The number of anilines is 1. The zero-order valence-electron chi connectivity index (χ0n) is 13.1. The highest BCUT2D eigenvalue weighted by molar-refractivity contribution is 7.92. The van der Waals surface area contributed by atoms with E-state index in [9.17, 15) is 13.5 Å². The zero-order chi connectivity index (χ0) is 17.0. The van der Waals surface area contributed by atoms with Gasteiger partial charge < -0.3 is 9.84 Å². The number of rotatable bonds is 5. The Morgan fingerprint density at radius 3 is 2.61 bits per heavy atom. The van der Waals surface area contributed by atoms with E-state index in [1.165, 1.54) is 24.5 Å². The minimum absolute atomic E-state index is 0.0569. The highest BCUT2D eigenvalue weighted by Crippen LogP contribution is 2.26. The van der Waals surface area contributed by atoms with Crippen LogP contribution in [0.3, 0.4) is 0 Å². The molecule has 0 heterocycles. The smallest absolute Gasteiger partial charge is 0.231 e. The number of phenolic OH excluding ortho intramolecular Hbond substituents is 1. The molecule has 0 unspecified atom stereocenters. The van der Waals surface area contributed by atoms with Gasteiger partial charge in [-0.2, -0.15) is 0 Å². The molecule has 0 saturated carbocycles. The van der Waals surface area contributed by atoms with Gasteiger partial charge in [0.2, 0.25) is 10.0 Å². The van der Waals surface area contributed by atoms with Gasteiger partial charge in [-0.05, 0) is 42.0 Å². The van der Waals surface area contributed by atoms with Crippen molar-refractivity contribution in [3.05, 3.63) is 48.0 Å². The fraction of sp³-hybridized carbons (Fsp3) is 0.188. The average Bonchev–Trinajstić information content (AvgIpc) is 2.52. The molecule has 0 saturated heterocycles. The molecule has 0 bridgehead atoms. The predicted octanol–water partition coefficient (Wildman–Crippen LogP) is 2.55. The first-order valence-electron chi connectivity index (χ1n) is 6.76. The number of sulfonamides is 1. The summed E-state index contributed by atoms with van der Waals surface area (Å²) in [5, 5.41) is 9.56. The van der Waals surface area contributed by atoms with E-state index < -0.39 is 10.0 Å². The lowest BCUT2D eigenvalue weighted by molar-refractivity contribution is 0.373. The molecule has 0 atom stereocenters. The average molecular weight is 334 g/mol. The molecule has 23 heavy (non-hydrogen) atoms. The normalized spacial score (nSPS) is 11.6. The fourth-order valence-electron chi connectivity index (χ4n) is 1.88. The minimum atomic E-state index is -3.32. The summed E-state index contributed by atoms with van der Waals surface area (Å²) in [4.78, 5) is 4.32. The number of phenols is 1. The van der Waals surface area contributed by atoms with Gasteiger partial charge in [-0.25, -0.2) is 8.42 Å². The maximum absolute atomic E-state index is 11.6. The van der Waals surface area contributed by atoms with E-state index in [0.717, 1.165) is 11.8 Å². The molecule has 122 valence electrons. The summed E-state index contributed by atoms with van der Waals surface area (Å²) >= 11 is 0. The van der Waals surface area contributed by atoms with Gasteiger partial charge in [0.1, 0.15) is 0 Å². The maximum Gasteiger partial charge on any atom is 0.231 e. The number of hydrogen-bond acceptors (Lipinski definition) is 5. The standard InChI is InChI=1S/C16H18N2O4S/c1-18(23(3,20)21)14-6-4-5-13(10-14)17-11-12-7-8-15(19)16(9-12)22-2/h4-11,19H,1-3H3. The van der Waals surface area contributed by atoms with Gasteiger partial charge in [0.15, 0.2) is 11.5 Å². The van der Waals surface area contributed by atoms with Crippen LogP contribution in [0.5, 0.6) is 11.5 Å². The fourth-order valence-corrected chi connectivity index (χ4v) is 2.38. The zero-order valence-corrected chi connectivity index (χ0v) is 13.9. The summed E-state index contributed by atoms with van der Waals surface area (Å²) in [7, 11) is -0.355. The molecule has 7 heteroatoms. The van der Waals surface area contributed by atoms with Gasteiger partial charge in [-0.15, -0.1) is 0 Å². The van der Waals surface area contributed by atoms with Crippen molar-refractivity contribution >= 4 is 27.6 Å². The second-order valence-electron chi connectivity index (χ2n) is 4.94. The molecule has 0 aliphatic heterocycles. The molecule has 0 spiro atoms. The largest absolute Gasteiger partial charge is 0.504 e. The number of nitrogens with zero attached hydrogens (tertiary/aromatic N) is 2. The first kappa shape index (κ1) is 16.8. The third kappa shape index (κ3) is 4.23. The molecule has 1 N–H and O–H groups in total. The third-order valence-electron chi connectivity index (χ3n) is 3.26. The van der Waals surface area contributed by atoms with E-state index in [2.05, 4.69) is 4.99 Å². The molecular formula is C16H18N2O4S. The van der Waals surface area contributed by atoms with Crippen LogP contribution in [0.25, 0.3) is 0 Å². The molecule has 0 aromatic heterocycles. The van der Waals surface area contributed by atoms with Crippen LogP contribution in [0.4, 0.5) is 11.4 Å². The Labute approximate surface area is 135 Å². The summed E-state index contributed by atoms with van der Waals surface area (Å²) in [5.74, 6) is 0.418. The Morgan fingerprint density at radius 2 is 1.96 bits per heavy atom. The summed E-state index contributed by atoms with van der Waals surface area (Å²) in [6, 6.07) is 11.8. The number of hydrogen-bond donors (Lipinski definition) is 1.